The highest BCUT2D eigenvalue weighted by Crippen LogP contribution is 2.14. The van der Waals surface area contributed by atoms with Crippen LogP contribution in [0, 0.1) is 18.3 Å². The standard InChI is InChI=1S/C15H22N4O/c1-5-17-14-10-13(9-12(4)18-14)15(20)19(11(2)3)8-6-7-16/h9-11H,5-6,8H2,1-4H3,(H,17,18). The van der Waals surface area contributed by atoms with Crippen molar-refractivity contribution in [3.63, 3.8) is 0 Å². The van der Waals surface area contributed by atoms with E-state index in [1.807, 2.05) is 27.7 Å². The number of nitrogens with zero attached hydrogens (tertiary/aromatic N) is 3. The van der Waals surface area contributed by atoms with Gasteiger partial charge in [0.25, 0.3) is 5.91 Å². The van der Waals surface area contributed by atoms with Crippen LogP contribution in [0.1, 0.15) is 43.2 Å². The maximum Gasteiger partial charge on any atom is 0.254 e. The molecule has 20 heavy (non-hydrogen) atoms. The fourth-order valence-electron chi connectivity index (χ4n) is 1.99. The van der Waals surface area contributed by atoms with Gasteiger partial charge in [0.2, 0.25) is 0 Å². The van der Waals surface area contributed by atoms with Crippen molar-refractivity contribution >= 4 is 11.7 Å². The van der Waals surface area contributed by atoms with Crippen LogP contribution in [0.5, 0.6) is 0 Å². The van der Waals surface area contributed by atoms with E-state index < -0.39 is 0 Å². The zero-order chi connectivity index (χ0) is 15.1. The van der Waals surface area contributed by atoms with Gasteiger partial charge in [-0.15, -0.1) is 0 Å². The number of carbonyl (C=O) groups is 1. The first-order valence-electron chi connectivity index (χ1n) is 6.90. The van der Waals surface area contributed by atoms with E-state index >= 15 is 0 Å². The summed E-state index contributed by atoms with van der Waals surface area (Å²) >= 11 is 0. The summed E-state index contributed by atoms with van der Waals surface area (Å²) in [7, 11) is 0. The van der Waals surface area contributed by atoms with E-state index in [1.165, 1.54) is 0 Å². The van der Waals surface area contributed by atoms with E-state index in [9.17, 15) is 4.79 Å². The van der Waals surface area contributed by atoms with E-state index in [1.54, 1.807) is 17.0 Å². The summed E-state index contributed by atoms with van der Waals surface area (Å²) in [6.45, 7) is 8.96. The summed E-state index contributed by atoms with van der Waals surface area (Å²) in [5.41, 5.74) is 1.41. The fraction of sp³-hybridized carbons (Fsp3) is 0.533. The van der Waals surface area contributed by atoms with Gasteiger partial charge in [-0.25, -0.2) is 4.98 Å². The van der Waals surface area contributed by atoms with Gasteiger partial charge >= 0.3 is 0 Å². The summed E-state index contributed by atoms with van der Waals surface area (Å²) in [6.07, 6.45) is 0.341. The first-order valence-corrected chi connectivity index (χ1v) is 6.90. The van der Waals surface area contributed by atoms with E-state index in [0.717, 1.165) is 12.2 Å². The van der Waals surface area contributed by atoms with Gasteiger partial charge in [0, 0.05) is 30.4 Å². The number of hydrogen-bond donors (Lipinski definition) is 1. The molecule has 0 saturated heterocycles. The minimum Gasteiger partial charge on any atom is -0.370 e. The molecular formula is C15H22N4O. The summed E-state index contributed by atoms with van der Waals surface area (Å²) in [4.78, 5) is 18.6. The van der Waals surface area contributed by atoms with Crippen LogP contribution in [0.3, 0.4) is 0 Å². The van der Waals surface area contributed by atoms with Crippen LogP contribution in [0.25, 0.3) is 0 Å². The zero-order valence-corrected chi connectivity index (χ0v) is 12.6. The topological polar surface area (TPSA) is 69.0 Å². The van der Waals surface area contributed by atoms with E-state index in [4.69, 9.17) is 5.26 Å². The van der Waals surface area contributed by atoms with Crippen LogP contribution in [-0.4, -0.2) is 34.9 Å². The van der Waals surface area contributed by atoms with Gasteiger partial charge in [0.05, 0.1) is 12.5 Å². The first kappa shape index (κ1) is 16.0. The quantitative estimate of drug-likeness (QED) is 0.865. The molecule has 0 aromatic carbocycles. The number of carbonyl (C=O) groups excluding carboxylic acids is 1. The van der Waals surface area contributed by atoms with Crippen LogP contribution in [0.2, 0.25) is 0 Å². The molecule has 0 fully saturated rings. The lowest BCUT2D eigenvalue weighted by Crippen LogP contribution is -2.37. The van der Waals surface area contributed by atoms with Crippen LogP contribution < -0.4 is 5.32 Å². The minimum atomic E-state index is -0.0556. The molecule has 0 spiro atoms. The summed E-state index contributed by atoms with van der Waals surface area (Å²) in [5.74, 6) is 0.653. The molecular weight excluding hydrogens is 252 g/mol. The molecule has 1 amide bonds. The molecule has 1 aromatic rings. The number of anilines is 1. The molecule has 0 radical (unpaired) electrons. The van der Waals surface area contributed by atoms with Crippen molar-refractivity contribution in [2.75, 3.05) is 18.4 Å². The normalized spacial score (nSPS) is 10.2. The second kappa shape index (κ2) is 7.49. The number of pyridine rings is 1. The van der Waals surface area contributed by atoms with E-state index in [2.05, 4.69) is 16.4 Å². The molecule has 5 nitrogen and oxygen atoms in total. The van der Waals surface area contributed by atoms with Gasteiger partial charge in [-0.05, 0) is 39.8 Å². The number of nitrogens with one attached hydrogen (secondary N) is 1. The summed E-state index contributed by atoms with van der Waals surface area (Å²) in [5, 5.41) is 11.8. The molecule has 0 aliphatic carbocycles. The highest BCUT2D eigenvalue weighted by molar-refractivity contribution is 5.95. The second-order valence-corrected chi connectivity index (χ2v) is 4.91. The number of aryl methyl sites for hydroxylation is 1. The molecule has 1 rings (SSSR count). The number of aromatic nitrogens is 1. The number of hydrogen-bond acceptors (Lipinski definition) is 4. The SMILES string of the molecule is CCNc1cc(C(=O)N(CCC#N)C(C)C)cc(C)n1. The van der Waals surface area contributed by atoms with Crippen molar-refractivity contribution in [1.82, 2.24) is 9.88 Å². The molecule has 1 N–H and O–H groups in total. The molecule has 0 aliphatic heterocycles. The lowest BCUT2D eigenvalue weighted by atomic mass is 10.1. The highest BCUT2D eigenvalue weighted by Gasteiger charge is 2.19. The molecule has 0 bridgehead atoms. The van der Waals surface area contributed by atoms with Gasteiger partial charge in [0.15, 0.2) is 0 Å². The third kappa shape index (κ3) is 4.23. The Labute approximate surface area is 120 Å². The van der Waals surface area contributed by atoms with Gasteiger partial charge in [-0.2, -0.15) is 5.26 Å². The fourth-order valence-corrected chi connectivity index (χ4v) is 1.99. The second-order valence-electron chi connectivity index (χ2n) is 4.91. The Balaban J connectivity index is 3.02. The number of amides is 1. The third-order valence-corrected chi connectivity index (χ3v) is 2.91. The van der Waals surface area contributed by atoms with Crippen LogP contribution in [-0.2, 0) is 0 Å². The van der Waals surface area contributed by atoms with Crippen molar-refractivity contribution in [2.24, 2.45) is 0 Å². The maximum absolute atomic E-state index is 12.6. The Kier molecular flexibility index (Phi) is 5.98. The van der Waals surface area contributed by atoms with Crippen molar-refractivity contribution in [3.8, 4) is 6.07 Å². The smallest absolute Gasteiger partial charge is 0.254 e. The molecule has 1 aromatic heterocycles. The van der Waals surface area contributed by atoms with Crippen LogP contribution >= 0.6 is 0 Å². The molecule has 5 heteroatoms. The zero-order valence-electron chi connectivity index (χ0n) is 12.6. The van der Waals surface area contributed by atoms with Gasteiger partial charge in [-0.1, -0.05) is 0 Å². The third-order valence-electron chi connectivity index (χ3n) is 2.91. The highest BCUT2D eigenvalue weighted by atomic mass is 16.2. The van der Waals surface area contributed by atoms with Crippen molar-refractivity contribution in [1.29, 1.82) is 5.26 Å². The maximum atomic E-state index is 12.6. The van der Waals surface area contributed by atoms with Gasteiger partial charge in [0.1, 0.15) is 5.82 Å². The average molecular weight is 274 g/mol. The lowest BCUT2D eigenvalue weighted by Gasteiger charge is -2.26. The van der Waals surface area contributed by atoms with Crippen molar-refractivity contribution < 1.29 is 4.79 Å². The summed E-state index contributed by atoms with van der Waals surface area (Å²) in [6, 6.07) is 5.69. The molecule has 108 valence electrons. The molecule has 0 atom stereocenters. The number of rotatable bonds is 6. The Morgan fingerprint density at radius 2 is 2.20 bits per heavy atom. The molecule has 1 heterocycles. The predicted molar refractivity (Wildman–Crippen MR) is 79.5 cm³/mol. The van der Waals surface area contributed by atoms with Crippen LogP contribution in [0.4, 0.5) is 5.82 Å². The number of nitriles is 1. The predicted octanol–water partition coefficient (Wildman–Crippen LogP) is 2.59. The van der Waals surface area contributed by atoms with Crippen LogP contribution in [0.15, 0.2) is 12.1 Å². The largest absolute Gasteiger partial charge is 0.370 e. The average Bonchev–Trinajstić information content (AvgIpc) is 2.38. The first-order chi connectivity index (χ1) is 9.49. The Morgan fingerprint density at radius 1 is 1.50 bits per heavy atom. The van der Waals surface area contributed by atoms with Crippen molar-refractivity contribution in [2.45, 2.75) is 40.2 Å². The Bertz CT molecular complexity index is 505. The molecule has 0 unspecified atom stereocenters. The monoisotopic (exact) mass is 274 g/mol. The van der Waals surface area contributed by atoms with E-state index in [-0.39, 0.29) is 11.9 Å². The Hall–Kier alpha value is -2.09. The van der Waals surface area contributed by atoms with E-state index in [0.29, 0.717) is 24.3 Å². The molecule has 0 saturated carbocycles. The summed E-state index contributed by atoms with van der Waals surface area (Å²) < 4.78 is 0. The van der Waals surface area contributed by atoms with Gasteiger partial charge < -0.3 is 10.2 Å². The molecule has 0 aliphatic rings. The lowest BCUT2D eigenvalue weighted by molar-refractivity contribution is 0.0710. The Morgan fingerprint density at radius 3 is 2.75 bits per heavy atom. The van der Waals surface area contributed by atoms with Crippen molar-refractivity contribution in [3.05, 3.63) is 23.4 Å². The van der Waals surface area contributed by atoms with Gasteiger partial charge in [-0.3, -0.25) is 4.79 Å². The minimum absolute atomic E-state index is 0.0556.